The molecule has 3 rings (SSSR count). The first-order chi connectivity index (χ1) is 29.5. The summed E-state index contributed by atoms with van der Waals surface area (Å²) in [7, 11) is -1.28. The lowest BCUT2D eigenvalue weighted by Crippen LogP contribution is -2.36. The van der Waals surface area contributed by atoms with Crippen molar-refractivity contribution in [1.82, 2.24) is 4.72 Å². The van der Waals surface area contributed by atoms with E-state index >= 15 is 0 Å². The Hall–Kier alpha value is -4.09. The van der Waals surface area contributed by atoms with Crippen LogP contribution in [0.25, 0.3) is 0 Å². The Kier molecular flexibility index (Phi) is 22.7. The van der Waals surface area contributed by atoms with Crippen LogP contribution < -0.4 is 23.7 Å². The molecule has 0 aliphatic heterocycles. The number of rotatable bonds is 24. The maximum atomic E-state index is 13.1. The van der Waals surface area contributed by atoms with Crippen molar-refractivity contribution in [2.24, 2.45) is 5.41 Å². The van der Waals surface area contributed by atoms with E-state index in [0.717, 1.165) is 40.7 Å². The van der Waals surface area contributed by atoms with Gasteiger partial charge in [-0.3, -0.25) is 9.59 Å². The molecule has 0 radical (unpaired) electrons. The third-order valence-electron chi connectivity index (χ3n) is 11.6. The monoisotopic (exact) mass is 895 g/mol. The molecule has 0 saturated carbocycles. The minimum Gasteiger partial charge on any atom is -0.494 e. The van der Waals surface area contributed by atoms with Gasteiger partial charge in [0.1, 0.15) is 17.2 Å². The molecule has 0 bridgehead atoms. The highest BCUT2D eigenvalue weighted by molar-refractivity contribution is 7.85. The largest absolute Gasteiger partial charge is 0.494 e. The zero-order valence-corrected chi connectivity index (χ0v) is 42.2. The second kappa shape index (κ2) is 26.0. The van der Waals surface area contributed by atoms with Gasteiger partial charge in [-0.15, -0.1) is 0 Å². The van der Waals surface area contributed by atoms with Gasteiger partial charge in [-0.1, -0.05) is 172 Å². The molecule has 10 nitrogen and oxygen atoms in total. The zero-order chi connectivity index (χ0) is 47.7. The Labute approximate surface area is 381 Å². The van der Waals surface area contributed by atoms with E-state index < -0.39 is 21.6 Å². The van der Waals surface area contributed by atoms with Crippen LogP contribution >= 0.6 is 0 Å². The zero-order valence-electron chi connectivity index (χ0n) is 41.4. The summed E-state index contributed by atoms with van der Waals surface area (Å²) in [6, 6.07) is 13.4. The maximum absolute atomic E-state index is 13.1. The number of nitrogens with one attached hydrogen (secondary N) is 2. The Morgan fingerprint density at radius 2 is 1.14 bits per heavy atom. The highest BCUT2D eigenvalue weighted by atomic mass is 32.2. The van der Waals surface area contributed by atoms with Crippen LogP contribution in [0.1, 0.15) is 216 Å². The van der Waals surface area contributed by atoms with Gasteiger partial charge in [-0.05, 0) is 87.1 Å². The van der Waals surface area contributed by atoms with E-state index in [-0.39, 0.29) is 42.6 Å². The van der Waals surface area contributed by atoms with Crippen molar-refractivity contribution in [3.63, 3.8) is 0 Å². The first kappa shape index (κ1) is 55.0. The van der Waals surface area contributed by atoms with E-state index in [1.165, 1.54) is 64.7 Å². The van der Waals surface area contributed by atoms with E-state index in [1.54, 1.807) is 12.1 Å². The third-order valence-corrected chi connectivity index (χ3v) is 12.5. The van der Waals surface area contributed by atoms with Gasteiger partial charge in [0.05, 0.1) is 27.2 Å². The molecule has 0 aromatic heterocycles. The standard InChI is InChI=1S/C29H43NO4S.C23H39NO4/c1-17(2)22-14-25(20(7)8)27(26(15-22)21(9)10)16-28(31)30-35(32,33)34-29-23(18(3)4)12-11-13-24(29)19(5)6;1-6-7-8-9-10-11-12-13-14-23(2,3)22(26)24-21-19(27-4)15-18(17-25)16-20(21)28-5/h11-15,17-21H,16H2,1-10H3,(H,30,31);15-16,25H,6-14,17H2,1-5H3,(H,24,26). The van der Waals surface area contributed by atoms with Crippen LogP contribution in [0.3, 0.4) is 0 Å². The second-order valence-corrected chi connectivity index (χ2v) is 20.3. The predicted molar refractivity (Wildman–Crippen MR) is 260 cm³/mol. The number of aliphatic hydroxyl groups is 1. The molecule has 63 heavy (non-hydrogen) atoms. The third kappa shape index (κ3) is 17.1. The van der Waals surface area contributed by atoms with Crippen LogP contribution in [0, 0.1) is 5.41 Å². The molecule has 0 saturated heterocycles. The van der Waals surface area contributed by atoms with Gasteiger partial charge < -0.3 is 24.1 Å². The van der Waals surface area contributed by atoms with E-state index in [2.05, 4.69) is 70.6 Å². The highest BCUT2D eigenvalue weighted by Crippen LogP contribution is 2.39. The van der Waals surface area contributed by atoms with Crippen molar-refractivity contribution in [3.05, 3.63) is 81.4 Å². The summed E-state index contributed by atoms with van der Waals surface area (Å²) in [5.74, 6) is 1.53. The molecule has 0 aliphatic rings. The summed E-state index contributed by atoms with van der Waals surface area (Å²) < 4.78 is 44.4. The van der Waals surface area contributed by atoms with Gasteiger partial charge in [0, 0.05) is 5.41 Å². The normalized spacial score (nSPS) is 11.9. The highest BCUT2D eigenvalue weighted by Gasteiger charge is 2.29. The fraction of sp³-hybridized carbons (Fsp3) is 0.615. The van der Waals surface area contributed by atoms with Crippen LogP contribution in [0.15, 0.2) is 42.5 Å². The van der Waals surface area contributed by atoms with Gasteiger partial charge in [-0.2, -0.15) is 8.42 Å². The van der Waals surface area contributed by atoms with Crippen LogP contribution in [0.5, 0.6) is 17.2 Å². The molecule has 0 fully saturated rings. The number of unbranched alkanes of at least 4 members (excludes halogenated alkanes) is 7. The Morgan fingerprint density at radius 3 is 1.56 bits per heavy atom. The van der Waals surface area contributed by atoms with Crippen molar-refractivity contribution in [3.8, 4) is 17.2 Å². The van der Waals surface area contributed by atoms with Crippen LogP contribution in [0.4, 0.5) is 5.69 Å². The minimum atomic E-state index is -4.35. The quantitative estimate of drug-likeness (QED) is 0.0755. The molecule has 3 aromatic rings. The number of anilines is 1. The Morgan fingerprint density at radius 1 is 0.683 bits per heavy atom. The first-order valence-corrected chi connectivity index (χ1v) is 24.7. The number of benzene rings is 3. The topological polar surface area (TPSA) is 140 Å². The number of hydrogen-bond acceptors (Lipinski definition) is 8. The fourth-order valence-electron chi connectivity index (χ4n) is 7.63. The van der Waals surface area contributed by atoms with E-state index in [0.29, 0.717) is 34.4 Å². The van der Waals surface area contributed by atoms with Gasteiger partial charge >= 0.3 is 10.3 Å². The van der Waals surface area contributed by atoms with E-state index in [1.807, 2.05) is 59.7 Å². The average Bonchev–Trinajstić information content (AvgIpc) is 3.21. The van der Waals surface area contributed by atoms with Crippen molar-refractivity contribution in [2.45, 2.75) is 190 Å². The molecule has 0 aliphatic carbocycles. The summed E-state index contributed by atoms with van der Waals surface area (Å²) in [5.41, 5.74) is 6.59. The predicted octanol–water partition coefficient (Wildman–Crippen LogP) is 13.0. The molecule has 0 unspecified atom stereocenters. The van der Waals surface area contributed by atoms with Gasteiger partial charge in [0.25, 0.3) is 0 Å². The molecule has 2 amide bonds. The van der Waals surface area contributed by atoms with Gasteiger partial charge in [0.2, 0.25) is 11.8 Å². The van der Waals surface area contributed by atoms with Crippen LogP contribution in [0.2, 0.25) is 0 Å². The number of carbonyl (C=O) groups is 2. The average molecular weight is 895 g/mol. The van der Waals surface area contributed by atoms with Gasteiger partial charge in [0.15, 0.2) is 5.75 Å². The first-order valence-electron chi connectivity index (χ1n) is 23.2. The number of methoxy groups -OCH3 is 2. The van der Waals surface area contributed by atoms with Crippen molar-refractivity contribution < 1.29 is 36.8 Å². The van der Waals surface area contributed by atoms with E-state index in [9.17, 15) is 23.1 Å². The Bertz CT molecular complexity index is 1940. The minimum absolute atomic E-state index is 0.0230. The molecule has 3 aromatic carbocycles. The Balaban J connectivity index is 0.000000445. The van der Waals surface area contributed by atoms with Gasteiger partial charge in [-0.25, -0.2) is 4.72 Å². The lowest BCUT2D eigenvalue weighted by atomic mass is 9.83. The second-order valence-electron chi connectivity index (χ2n) is 19.1. The number of hydrogen-bond donors (Lipinski definition) is 3. The molecule has 0 heterocycles. The maximum Gasteiger partial charge on any atom is 0.409 e. The molecule has 0 atom stereocenters. The molecule has 354 valence electrons. The van der Waals surface area contributed by atoms with Crippen LogP contribution in [-0.4, -0.2) is 39.6 Å². The fourth-order valence-corrected chi connectivity index (χ4v) is 8.44. The van der Waals surface area contributed by atoms with Crippen molar-refractivity contribution >= 4 is 27.8 Å². The molecule has 3 N–H and O–H groups in total. The molecular formula is C52H82N2O8S. The van der Waals surface area contributed by atoms with Crippen molar-refractivity contribution in [1.29, 1.82) is 0 Å². The van der Waals surface area contributed by atoms with Crippen molar-refractivity contribution in [2.75, 3.05) is 19.5 Å². The smallest absolute Gasteiger partial charge is 0.409 e. The SMILES string of the molecule is CC(C)c1cc(C(C)C)c(CC(=O)NS(=O)(=O)Oc2c(C(C)C)cccc2C(C)C)c(C(C)C)c1.CCCCCCCCCCC(C)(C)C(=O)Nc1c(OC)cc(CO)cc1OC. The molecule has 11 heteroatoms. The van der Waals surface area contributed by atoms with E-state index in [4.69, 9.17) is 13.7 Å². The number of carbonyl (C=O) groups excluding carboxylic acids is 2. The number of aliphatic hydroxyl groups excluding tert-OH is 1. The number of amides is 2. The lowest BCUT2D eigenvalue weighted by Gasteiger charge is -2.25. The summed E-state index contributed by atoms with van der Waals surface area (Å²) in [4.78, 5) is 25.9. The summed E-state index contributed by atoms with van der Waals surface area (Å²) in [6.45, 7) is 26.7. The summed E-state index contributed by atoms with van der Waals surface area (Å²) in [5, 5.41) is 12.4. The number of para-hydroxylation sites is 1. The lowest BCUT2D eigenvalue weighted by molar-refractivity contribution is -0.124. The summed E-state index contributed by atoms with van der Waals surface area (Å²) >= 11 is 0. The molecular weight excluding hydrogens is 813 g/mol. The number of ether oxygens (including phenoxy) is 2. The van der Waals surface area contributed by atoms with Crippen LogP contribution in [-0.2, 0) is 32.9 Å². The summed E-state index contributed by atoms with van der Waals surface area (Å²) in [6.07, 6.45) is 10.8. The molecule has 0 spiro atoms.